The Bertz CT molecular complexity index is 1110. The molecule has 0 aliphatic heterocycles. The summed E-state index contributed by atoms with van der Waals surface area (Å²) >= 11 is 6.05. The molecule has 0 bridgehead atoms. The molecule has 0 spiro atoms. The maximum absolute atomic E-state index is 12.4. The van der Waals surface area contributed by atoms with E-state index < -0.39 is 15.7 Å². The highest BCUT2D eigenvalue weighted by Crippen LogP contribution is 2.20. The Morgan fingerprint density at radius 1 is 1.22 bits per heavy atom. The molecule has 0 unspecified atom stereocenters. The summed E-state index contributed by atoms with van der Waals surface area (Å²) in [5.41, 5.74) is 2.16. The van der Waals surface area contributed by atoms with Crippen molar-refractivity contribution in [1.29, 1.82) is 0 Å². The van der Waals surface area contributed by atoms with Gasteiger partial charge in [0.1, 0.15) is 5.82 Å². The van der Waals surface area contributed by atoms with Gasteiger partial charge in [-0.2, -0.15) is 0 Å². The summed E-state index contributed by atoms with van der Waals surface area (Å²) in [4.78, 5) is 17.0. The Labute approximate surface area is 163 Å². The molecule has 27 heavy (non-hydrogen) atoms. The number of aryl methyl sites for hydroxylation is 2. The van der Waals surface area contributed by atoms with Crippen LogP contribution in [0.5, 0.6) is 0 Å². The van der Waals surface area contributed by atoms with Crippen molar-refractivity contribution in [2.45, 2.75) is 24.8 Å². The largest absolute Gasteiger partial charge is 0.352 e. The van der Waals surface area contributed by atoms with Gasteiger partial charge in [-0.3, -0.25) is 4.79 Å². The Hall–Kier alpha value is -2.38. The van der Waals surface area contributed by atoms with Crippen LogP contribution in [-0.4, -0.2) is 36.7 Å². The molecule has 142 valence electrons. The highest BCUT2D eigenvalue weighted by atomic mass is 35.5. The van der Waals surface area contributed by atoms with Crippen molar-refractivity contribution < 1.29 is 13.2 Å². The molecule has 0 saturated heterocycles. The molecule has 8 heteroatoms. The molecule has 0 saturated carbocycles. The average molecular weight is 406 g/mol. The normalized spacial score (nSPS) is 11.7. The standard InChI is InChI=1S/C19H20ClN3O3S/c1-13-22-17-6-3-4-7-18(17)23(13)11-5-10-21-19(24)15-12-14(27(2,25)26)8-9-16(15)20/h3-4,6-9,12H,5,10-11H2,1-2H3,(H,21,24). The van der Waals surface area contributed by atoms with Crippen LogP contribution in [0.4, 0.5) is 0 Å². The van der Waals surface area contributed by atoms with Gasteiger partial charge in [-0.05, 0) is 43.7 Å². The Morgan fingerprint density at radius 3 is 2.70 bits per heavy atom. The third-order valence-electron chi connectivity index (χ3n) is 4.30. The van der Waals surface area contributed by atoms with E-state index in [9.17, 15) is 13.2 Å². The molecule has 0 aliphatic carbocycles. The van der Waals surface area contributed by atoms with Gasteiger partial charge in [-0.1, -0.05) is 23.7 Å². The second kappa shape index (κ2) is 7.70. The van der Waals surface area contributed by atoms with E-state index >= 15 is 0 Å². The van der Waals surface area contributed by atoms with E-state index in [1.165, 1.54) is 18.2 Å². The number of nitrogens with zero attached hydrogens (tertiary/aromatic N) is 2. The zero-order valence-electron chi connectivity index (χ0n) is 15.1. The van der Waals surface area contributed by atoms with E-state index in [0.29, 0.717) is 19.5 Å². The molecule has 0 atom stereocenters. The fourth-order valence-corrected chi connectivity index (χ4v) is 3.77. The van der Waals surface area contributed by atoms with Gasteiger partial charge < -0.3 is 9.88 Å². The maximum Gasteiger partial charge on any atom is 0.252 e. The second-order valence-corrected chi connectivity index (χ2v) is 8.75. The number of hydrogen-bond donors (Lipinski definition) is 1. The van der Waals surface area contributed by atoms with Crippen LogP contribution in [0.25, 0.3) is 11.0 Å². The van der Waals surface area contributed by atoms with E-state index in [2.05, 4.69) is 14.9 Å². The van der Waals surface area contributed by atoms with Crippen LogP contribution < -0.4 is 5.32 Å². The number of hydrogen-bond acceptors (Lipinski definition) is 4. The first-order valence-electron chi connectivity index (χ1n) is 8.47. The molecule has 0 aliphatic rings. The second-order valence-electron chi connectivity index (χ2n) is 6.32. The molecular formula is C19H20ClN3O3S. The summed E-state index contributed by atoms with van der Waals surface area (Å²) in [7, 11) is -3.40. The Kier molecular flexibility index (Phi) is 5.53. The first kappa shape index (κ1) is 19.4. The third-order valence-corrected chi connectivity index (χ3v) is 5.74. The van der Waals surface area contributed by atoms with Gasteiger partial charge >= 0.3 is 0 Å². The van der Waals surface area contributed by atoms with Gasteiger partial charge in [0.05, 0.1) is 26.5 Å². The predicted molar refractivity (Wildman–Crippen MR) is 106 cm³/mol. The molecule has 0 radical (unpaired) electrons. The fraction of sp³-hybridized carbons (Fsp3) is 0.263. The fourth-order valence-electron chi connectivity index (χ4n) is 2.92. The highest BCUT2D eigenvalue weighted by molar-refractivity contribution is 7.90. The van der Waals surface area contributed by atoms with Crippen LogP contribution >= 0.6 is 11.6 Å². The van der Waals surface area contributed by atoms with Crippen molar-refractivity contribution in [3.05, 3.63) is 58.9 Å². The topological polar surface area (TPSA) is 81.1 Å². The van der Waals surface area contributed by atoms with Gasteiger partial charge in [0.2, 0.25) is 0 Å². The smallest absolute Gasteiger partial charge is 0.252 e. The molecule has 1 aromatic heterocycles. The predicted octanol–water partition coefficient (Wildman–Crippen LogP) is 3.22. The number of rotatable bonds is 6. The molecule has 3 rings (SSSR count). The van der Waals surface area contributed by atoms with Crippen molar-refractivity contribution in [1.82, 2.24) is 14.9 Å². The monoisotopic (exact) mass is 405 g/mol. The summed E-state index contributed by atoms with van der Waals surface area (Å²) in [6.45, 7) is 3.10. The third kappa shape index (κ3) is 4.31. The van der Waals surface area contributed by atoms with Gasteiger partial charge in [0.15, 0.2) is 9.84 Å². The lowest BCUT2D eigenvalue weighted by atomic mass is 10.2. The van der Waals surface area contributed by atoms with E-state index in [1.807, 2.05) is 31.2 Å². The van der Waals surface area contributed by atoms with Crippen LogP contribution in [0.1, 0.15) is 22.6 Å². The Balaban J connectivity index is 1.64. The number of aromatic nitrogens is 2. The van der Waals surface area contributed by atoms with Gasteiger partial charge in [-0.15, -0.1) is 0 Å². The van der Waals surface area contributed by atoms with Crippen LogP contribution in [-0.2, 0) is 16.4 Å². The number of carbonyl (C=O) groups excluding carboxylic acids is 1. The number of carbonyl (C=O) groups is 1. The molecule has 0 fully saturated rings. The van der Waals surface area contributed by atoms with E-state index in [0.717, 1.165) is 23.1 Å². The van der Waals surface area contributed by atoms with Crippen LogP contribution in [0.3, 0.4) is 0 Å². The minimum Gasteiger partial charge on any atom is -0.352 e. The lowest BCUT2D eigenvalue weighted by molar-refractivity contribution is 0.0952. The minimum atomic E-state index is -3.40. The summed E-state index contributed by atoms with van der Waals surface area (Å²) in [6.07, 6.45) is 1.80. The summed E-state index contributed by atoms with van der Waals surface area (Å²) in [6, 6.07) is 12.0. The number of nitrogens with one attached hydrogen (secondary N) is 1. The van der Waals surface area contributed by atoms with Crippen LogP contribution in [0, 0.1) is 6.92 Å². The highest BCUT2D eigenvalue weighted by Gasteiger charge is 2.15. The summed E-state index contributed by atoms with van der Waals surface area (Å²) in [5.74, 6) is 0.532. The quantitative estimate of drug-likeness (QED) is 0.638. The van der Waals surface area contributed by atoms with Gasteiger partial charge in [-0.25, -0.2) is 13.4 Å². The van der Waals surface area contributed by atoms with Crippen molar-refractivity contribution in [3.63, 3.8) is 0 Å². The SMILES string of the molecule is Cc1nc2ccccc2n1CCCNC(=O)c1cc(S(C)(=O)=O)ccc1Cl. The van der Waals surface area contributed by atoms with Crippen LogP contribution in [0.2, 0.25) is 5.02 Å². The number of halogens is 1. The van der Waals surface area contributed by atoms with E-state index in [4.69, 9.17) is 11.6 Å². The van der Waals surface area contributed by atoms with Crippen molar-refractivity contribution >= 4 is 38.4 Å². The number of fused-ring (bicyclic) bond motifs is 1. The van der Waals surface area contributed by atoms with Crippen molar-refractivity contribution in [2.24, 2.45) is 0 Å². The Morgan fingerprint density at radius 2 is 1.96 bits per heavy atom. The van der Waals surface area contributed by atoms with E-state index in [1.54, 1.807) is 0 Å². The molecule has 2 aromatic carbocycles. The summed E-state index contributed by atoms with van der Waals surface area (Å²) < 4.78 is 25.4. The number of amides is 1. The number of para-hydroxylation sites is 2. The number of imidazole rings is 1. The zero-order valence-corrected chi connectivity index (χ0v) is 16.6. The maximum atomic E-state index is 12.4. The van der Waals surface area contributed by atoms with Crippen LogP contribution in [0.15, 0.2) is 47.4 Å². The molecule has 3 aromatic rings. The number of benzene rings is 2. The molecule has 6 nitrogen and oxygen atoms in total. The van der Waals surface area contributed by atoms with Crippen molar-refractivity contribution in [3.8, 4) is 0 Å². The average Bonchev–Trinajstić information content (AvgIpc) is 2.93. The molecule has 1 N–H and O–H groups in total. The lowest BCUT2D eigenvalue weighted by Crippen LogP contribution is -2.26. The molecule has 1 amide bonds. The van der Waals surface area contributed by atoms with Crippen molar-refractivity contribution in [2.75, 3.05) is 12.8 Å². The first-order valence-corrected chi connectivity index (χ1v) is 10.7. The molecule has 1 heterocycles. The summed E-state index contributed by atoms with van der Waals surface area (Å²) in [5, 5.41) is 3.02. The molecular weight excluding hydrogens is 386 g/mol. The lowest BCUT2D eigenvalue weighted by Gasteiger charge is -2.10. The van der Waals surface area contributed by atoms with E-state index in [-0.39, 0.29) is 15.5 Å². The van der Waals surface area contributed by atoms with Gasteiger partial charge in [0, 0.05) is 19.3 Å². The zero-order chi connectivity index (χ0) is 19.6. The number of sulfone groups is 1. The van der Waals surface area contributed by atoms with Gasteiger partial charge in [0.25, 0.3) is 5.91 Å². The minimum absolute atomic E-state index is 0.0672. The first-order chi connectivity index (χ1) is 12.8.